The molecule has 0 radical (unpaired) electrons. The maximum absolute atomic E-state index is 6.26. The van der Waals surface area contributed by atoms with Crippen molar-refractivity contribution in [1.29, 1.82) is 0 Å². The lowest BCUT2D eigenvalue weighted by Gasteiger charge is -2.18. The maximum atomic E-state index is 6.26. The zero-order chi connectivity index (χ0) is 19.1. The predicted octanol–water partition coefficient (Wildman–Crippen LogP) is 6.36. The first-order chi connectivity index (χ1) is 13.1. The highest BCUT2D eigenvalue weighted by atomic mass is 35.5. The third kappa shape index (κ3) is 6.74. The number of thioether (sulfide) groups is 1. The fourth-order valence-electron chi connectivity index (χ4n) is 2.52. The summed E-state index contributed by atoms with van der Waals surface area (Å²) in [6, 6.07) is 13.3. The monoisotopic (exact) mass is 440 g/mol. The van der Waals surface area contributed by atoms with Crippen LogP contribution < -0.4 is 0 Å². The summed E-state index contributed by atoms with van der Waals surface area (Å²) in [4.78, 5) is 4.11. The number of hydrogen-bond donors (Lipinski definition) is 0. The van der Waals surface area contributed by atoms with E-state index in [4.69, 9.17) is 39.5 Å². The maximum Gasteiger partial charge on any atom is 0.0946 e. The highest BCUT2D eigenvalue weighted by molar-refractivity contribution is 7.98. The fourth-order valence-corrected chi connectivity index (χ4v) is 4.25. The van der Waals surface area contributed by atoms with Crippen LogP contribution in [0.1, 0.15) is 11.1 Å². The summed E-state index contributed by atoms with van der Waals surface area (Å²) in [6.45, 7) is 1.29. The molecule has 0 aliphatic carbocycles. The van der Waals surface area contributed by atoms with Crippen LogP contribution in [-0.2, 0) is 23.6 Å². The third-order valence-electron chi connectivity index (χ3n) is 3.95. The van der Waals surface area contributed by atoms with Crippen LogP contribution in [0.2, 0.25) is 15.1 Å². The average molecular weight is 442 g/mol. The minimum atomic E-state index is 0.0472. The molecule has 7 heteroatoms. The van der Waals surface area contributed by atoms with Crippen LogP contribution in [0.5, 0.6) is 0 Å². The van der Waals surface area contributed by atoms with Crippen molar-refractivity contribution >= 4 is 46.6 Å². The van der Waals surface area contributed by atoms with Gasteiger partial charge in [-0.2, -0.15) is 11.8 Å². The van der Waals surface area contributed by atoms with Crippen LogP contribution in [0.25, 0.3) is 0 Å². The molecule has 0 saturated carbocycles. The summed E-state index contributed by atoms with van der Waals surface area (Å²) >= 11 is 20.0. The second kappa shape index (κ2) is 10.4. The predicted molar refractivity (Wildman–Crippen MR) is 115 cm³/mol. The summed E-state index contributed by atoms with van der Waals surface area (Å²) < 4.78 is 8.19. The van der Waals surface area contributed by atoms with Crippen molar-refractivity contribution in [2.75, 3.05) is 5.75 Å². The Labute approximate surface area is 178 Å². The quantitative estimate of drug-likeness (QED) is 0.386. The Kier molecular flexibility index (Phi) is 7.92. The smallest absolute Gasteiger partial charge is 0.0946 e. The van der Waals surface area contributed by atoms with Crippen LogP contribution in [-0.4, -0.2) is 21.4 Å². The van der Waals surface area contributed by atoms with Gasteiger partial charge in [-0.05, 0) is 35.4 Å². The SMILES string of the molecule is Clc1ccc(COC(CSCc2ccc(Cl)cc2Cl)Cn2ccnc2)cc1. The number of halogens is 3. The van der Waals surface area contributed by atoms with E-state index in [9.17, 15) is 0 Å². The minimum absolute atomic E-state index is 0.0472. The Morgan fingerprint density at radius 2 is 1.81 bits per heavy atom. The highest BCUT2D eigenvalue weighted by Gasteiger charge is 2.12. The molecule has 0 saturated heterocycles. The average Bonchev–Trinajstić information content (AvgIpc) is 3.16. The van der Waals surface area contributed by atoms with E-state index in [1.54, 1.807) is 30.4 Å². The van der Waals surface area contributed by atoms with Crippen molar-refractivity contribution < 1.29 is 4.74 Å². The first-order valence-electron chi connectivity index (χ1n) is 8.43. The summed E-state index contributed by atoms with van der Waals surface area (Å²) in [7, 11) is 0. The molecule has 0 amide bonds. The van der Waals surface area contributed by atoms with Crippen molar-refractivity contribution in [3.8, 4) is 0 Å². The van der Waals surface area contributed by atoms with Crippen molar-refractivity contribution in [2.45, 2.75) is 25.0 Å². The van der Waals surface area contributed by atoms with Crippen LogP contribution in [0.4, 0.5) is 0 Å². The molecular formula is C20H19Cl3N2OS. The van der Waals surface area contributed by atoms with E-state index >= 15 is 0 Å². The summed E-state index contributed by atoms with van der Waals surface area (Å²) in [5.74, 6) is 1.64. The molecule has 3 aromatic rings. The zero-order valence-corrected chi connectivity index (χ0v) is 17.6. The van der Waals surface area contributed by atoms with Gasteiger partial charge in [0.05, 0.1) is 25.6 Å². The van der Waals surface area contributed by atoms with Gasteiger partial charge in [0.25, 0.3) is 0 Å². The molecule has 0 aliphatic heterocycles. The summed E-state index contributed by atoms with van der Waals surface area (Å²) in [5, 5.41) is 2.07. The van der Waals surface area contributed by atoms with Crippen molar-refractivity contribution in [3.63, 3.8) is 0 Å². The van der Waals surface area contributed by atoms with E-state index in [1.807, 2.05) is 47.2 Å². The van der Waals surface area contributed by atoms with Crippen LogP contribution >= 0.6 is 46.6 Å². The fraction of sp³-hybridized carbons (Fsp3) is 0.250. The van der Waals surface area contributed by atoms with Gasteiger partial charge in [-0.25, -0.2) is 4.98 Å². The van der Waals surface area contributed by atoms with Crippen LogP contribution in [0.15, 0.2) is 61.2 Å². The Hall–Kier alpha value is -1.17. The normalized spacial score (nSPS) is 12.3. The number of ether oxygens (including phenoxy) is 1. The van der Waals surface area contributed by atoms with Gasteiger partial charge < -0.3 is 9.30 Å². The van der Waals surface area contributed by atoms with E-state index in [1.165, 1.54) is 0 Å². The topological polar surface area (TPSA) is 27.1 Å². The van der Waals surface area contributed by atoms with Crippen molar-refractivity contribution in [3.05, 3.63) is 87.4 Å². The molecule has 1 aromatic heterocycles. The third-order valence-corrected chi connectivity index (χ3v) is 5.91. The first-order valence-corrected chi connectivity index (χ1v) is 10.7. The summed E-state index contributed by atoms with van der Waals surface area (Å²) in [5.41, 5.74) is 2.17. The standard InChI is InChI=1S/C20H19Cl3N2OS/c21-17-4-1-15(2-5-17)11-26-19(10-25-8-7-24-14-25)13-27-12-16-3-6-18(22)9-20(16)23/h1-9,14,19H,10-13H2. The lowest BCUT2D eigenvalue weighted by molar-refractivity contribution is 0.0450. The van der Waals surface area contributed by atoms with Gasteiger partial charge in [-0.3, -0.25) is 0 Å². The van der Waals surface area contributed by atoms with Crippen molar-refractivity contribution in [1.82, 2.24) is 9.55 Å². The van der Waals surface area contributed by atoms with Gasteiger partial charge in [-0.1, -0.05) is 53.0 Å². The molecule has 2 aromatic carbocycles. The molecule has 0 N–H and O–H groups in total. The second-order valence-electron chi connectivity index (χ2n) is 6.07. The lowest BCUT2D eigenvalue weighted by atomic mass is 10.2. The van der Waals surface area contributed by atoms with Crippen LogP contribution in [0, 0.1) is 0 Å². The molecule has 1 atom stereocenters. The number of aromatic nitrogens is 2. The molecule has 0 fully saturated rings. The molecular weight excluding hydrogens is 423 g/mol. The van der Waals surface area contributed by atoms with Gasteiger partial charge in [0.2, 0.25) is 0 Å². The molecule has 142 valence electrons. The Morgan fingerprint density at radius 3 is 2.52 bits per heavy atom. The molecule has 3 nitrogen and oxygen atoms in total. The van der Waals surface area contributed by atoms with Gasteiger partial charge in [0, 0.05) is 39.0 Å². The lowest BCUT2D eigenvalue weighted by Crippen LogP contribution is -2.22. The Bertz CT molecular complexity index is 841. The van der Waals surface area contributed by atoms with E-state index < -0.39 is 0 Å². The Balaban J connectivity index is 1.56. The van der Waals surface area contributed by atoms with Gasteiger partial charge in [0.1, 0.15) is 0 Å². The molecule has 0 spiro atoms. The van der Waals surface area contributed by atoms with Gasteiger partial charge in [0.15, 0.2) is 0 Å². The van der Waals surface area contributed by atoms with E-state index in [0.717, 1.165) is 34.2 Å². The number of nitrogens with zero attached hydrogens (tertiary/aromatic N) is 2. The van der Waals surface area contributed by atoms with E-state index in [-0.39, 0.29) is 6.10 Å². The zero-order valence-electron chi connectivity index (χ0n) is 14.5. The highest BCUT2D eigenvalue weighted by Crippen LogP contribution is 2.25. The number of benzene rings is 2. The molecule has 0 bridgehead atoms. The van der Waals surface area contributed by atoms with E-state index in [2.05, 4.69) is 4.98 Å². The molecule has 1 unspecified atom stereocenters. The second-order valence-corrected chi connectivity index (χ2v) is 8.38. The number of rotatable bonds is 9. The number of imidazole rings is 1. The molecule has 27 heavy (non-hydrogen) atoms. The van der Waals surface area contributed by atoms with Crippen LogP contribution in [0.3, 0.4) is 0 Å². The van der Waals surface area contributed by atoms with Crippen molar-refractivity contribution in [2.24, 2.45) is 0 Å². The van der Waals surface area contributed by atoms with Gasteiger partial charge >= 0.3 is 0 Å². The summed E-state index contributed by atoms with van der Waals surface area (Å²) in [6.07, 6.45) is 5.57. The molecule has 0 aliphatic rings. The Morgan fingerprint density at radius 1 is 1.04 bits per heavy atom. The molecule has 3 rings (SSSR count). The minimum Gasteiger partial charge on any atom is -0.371 e. The largest absolute Gasteiger partial charge is 0.371 e. The van der Waals surface area contributed by atoms with E-state index in [0.29, 0.717) is 16.7 Å². The number of hydrogen-bond acceptors (Lipinski definition) is 3. The molecule has 1 heterocycles. The first kappa shape index (κ1) is 20.6. The van der Waals surface area contributed by atoms with Gasteiger partial charge in [-0.15, -0.1) is 0 Å².